The molecule has 0 spiro atoms. The highest BCUT2D eigenvalue weighted by Crippen LogP contribution is 2.47. The van der Waals surface area contributed by atoms with Crippen LogP contribution in [0.2, 0.25) is 0 Å². The zero-order valence-electron chi connectivity index (χ0n) is 10.5. The molecule has 1 aliphatic heterocycles. The molecule has 1 aromatic carbocycles. The van der Waals surface area contributed by atoms with Crippen LogP contribution in [0.3, 0.4) is 0 Å². The molecular weight excluding hydrogens is 222 g/mol. The summed E-state index contributed by atoms with van der Waals surface area (Å²) < 4.78 is 5.81. The van der Waals surface area contributed by atoms with Crippen molar-refractivity contribution in [3.05, 3.63) is 48.0 Å². The lowest BCUT2D eigenvalue weighted by Gasteiger charge is -2.42. The molecule has 0 unspecified atom stereocenters. The number of benzene rings is 1. The van der Waals surface area contributed by atoms with Crippen molar-refractivity contribution in [3.8, 4) is 0 Å². The highest BCUT2D eigenvalue weighted by molar-refractivity contribution is 5.19. The standard InChI is InChI=1S/C16H19NO/c1-2-4-12(5-3-1)9-17-11-18-10-15-13-6-7-14(8-13)16(15)17/h1-7,13-16H,8-11H2/t13-,14+,15-,16+/m0/s1. The molecule has 2 fully saturated rings. The molecule has 0 radical (unpaired) electrons. The lowest BCUT2D eigenvalue weighted by molar-refractivity contribution is -0.0906. The van der Waals surface area contributed by atoms with Crippen LogP contribution < -0.4 is 0 Å². The fourth-order valence-electron chi connectivity index (χ4n) is 4.02. The highest BCUT2D eigenvalue weighted by atomic mass is 16.5. The van der Waals surface area contributed by atoms with Gasteiger partial charge in [0.15, 0.2) is 0 Å². The fraction of sp³-hybridized carbons (Fsp3) is 0.500. The first-order chi connectivity index (χ1) is 8.92. The molecule has 4 atom stereocenters. The van der Waals surface area contributed by atoms with E-state index in [4.69, 9.17) is 4.74 Å². The molecule has 0 amide bonds. The first kappa shape index (κ1) is 10.8. The summed E-state index contributed by atoms with van der Waals surface area (Å²) in [6.45, 7) is 2.79. The Bertz CT molecular complexity index is 455. The van der Waals surface area contributed by atoms with Gasteiger partial charge in [-0.1, -0.05) is 42.5 Å². The molecule has 1 heterocycles. The number of fused-ring (bicyclic) bond motifs is 5. The Morgan fingerprint density at radius 3 is 2.83 bits per heavy atom. The highest BCUT2D eigenvalue weighted by Gasteiger charge is 2.48. The zero-order valence-corrected chi connectivity index (χ0v) is 10.5. The van der Waals surface area contributed by atoms with Gasteiger partial charge in [-0.2, -0.15) is 0 Å². The van der Waals surface area contributed by atoms with E-state index in [9.17, 15) is 0 Å². The molecule has 0 N–H and O–H groups in total. The third-order valence-electron chi connectivity index (χ3n) is 4.79. The Morgan fingerprint density at radius 1 is 1.11 bits per heavy atom. The van der Waals surface area contributed by atoms with Gasteiger partial charge < -0.3 is 4.74 Å². The molecule has 2 heteroatoms. The number of hydrogen-bond donors (Lipinski definition) is 0. The van der Waals surface area contributed by atoms with E-state index in [1.54, 1.807) is 0 Å². The van der Waals surface area contributed by atoms with Crippen molar-refractivity contribution in [1.82, 2.24) is 4.90 Å². The van der Waals surface area contributed by atoms with Gasteiger partial charge in [0.1, 0.15) is 0 Å². The average molecular weight is 241 g/mol. The Morgan fingerprint density at radius 2 is 1.94 bits per heavy atom. The van der Waals surface area contributed by atoms with Gasteiger partial charge in [-0.05, 0) is 23.8 Å². The molecule has 2 aliphatic carbocycles. The topological polar surface area (TPSA) is 12.5 Å². The van der Waals surface area contributed by atoms with E-state index in [1.807, 2.05) is 0 Å². The van der Waals surface area contributed by atoms with Gasteiger partial charge in [-0.15, -0.1) is 0 Å². The molecule has 1 saturated heterocycles. The van der Waals surface area contributed by atoms with Crippen molar-refractivity contribution in [2.75, 3.05) is 13.3 Å². The molecule has 3 aliphatic rings. The first-order valence-electron chi connectivity index (χ1n) is 6.96. The third kappa shape index (κ3) is 1.63. The minimum absolute atomic E-state index is 0.717. The van der Waals surface area contributed by atoms with Crippen LogP contribution >= 0.6 is 0 Å². The maximum Gasteiger partial charge on any atom is 0.0995 e. The van der Waals surface area contributed by atoms with E-state index in [-0.39, 0.29) is 0 Å². The minimum Gasteiger partial charge on any atom is -0.366 e. The summed E-state index contributed by atoms with van der Waals surface area (Å²) in [6.07, 6.45) is 6.21. The third-order valence-corrected chi connectivity index (χ3v) is 4.79. The normalized spacial score (nSPS) is 38.0. The van der Waals surface area contributed by atoms with Crippen LogP contribution in [0.15, 0.2) is 42.5 Å². The van der Waals surface area contributed by atoms with Crippen molar-refractivity contribution in [2.45, 2.75) is 19.0 Å². The van der Waals surface area contributed by atoms with Crippen molar-refractivity contribution < 1.29 is 4.74 Å². The Balaban J connectivity index is 1.56. The second-order valence-electron chi connectivity index (χ2n) is 5.84. The Labute approximate surface area is 108 Å². The Kier molecular flexibility index (Phi) is 2.52. The molecule has 94 valence electrons. The average Bonchev–Trinajstić information content (AvgIpc) is 3.02. The van der Waals surface area contributed by atoms with E-state index in [1.165, 1.54) is 12.0 Å². The van der Waals surface area contributed by atoms with Crippen LogP contribution in [-0.4, -0.2) is 24.3 Å². The van der Waals surface area contributed by atoms with Gasteiger partial charge in [0.25, 0.3) is 0 Å². The van der Waals surface area contributed by atoms with Gasteiger partial charge in [-0.25, -0.2) is 0 Å². The maximum atomic E-state index is 5.81. The van der Waals surface area contributed by atoms with E-state index in [2.05, 4.69) is 47.4 Å². The minimum atomic E-state index is 0.717. The summed E-state index contributed by atoms with van der Waals surface area (Å²) in [5, 5.41) is 0. The van der Waals surface area contributed by atoms with E-state index >= 15 is 0 Å². The van der Waals surface area contributed by atoms with Gasteiger partial charge in [0.05, 0.1) is 13.3 Å². The van der Waals surface area contributed by atoms with E-state index in [0.717, 1.165) is 37.6 Å². The van der Waals surface area contributed by atoms with Gasteiger partial charge in [0, 0.05) is 18.5 Å². The van der Waals surface area contributed by atoms with E-state index < -0.39 is 0 Å². The Hall–Kier alpha value is -1.12. The summed E-state index contributed by atoms with van der Waals surface area (Å²) in [7, 11) is 0. The molecule has 2 nitrogen and oxygen atoms in total. The fourth-order valence-corrected chi connectivity index (χ4v) is 4.02. The SMILES string of the molecule is C1=C[C@H]2C[C@@H]1[C@@H]1[C@H]2COCN1Cc1ccccc1. The number of hydrogen-bond acceptors (Lipinski definition) is 2. The van der Waals surface area contributed by atoms with Crippen LogP contribution in [0.1, 0.15) is 12.0 Å². The lowest BCUT2D eigenvalue weighted by atomic mass is 9.87. The molecule has 0 aromatic heterocycles. The predicted octanol–water partition coefficient (Wildman–Crippen LogP) is 2.67. The van der Waals surface area contributed by atoms with Crippen molar-refractivity contribution in [2.24, 2.45) is 17.8 Å². The van der Waals surface area contributed by atoms with Gasteiger partial charge in [-0.3, -0.25) is 4.90 Å². The van der Waals surface area contributed by atoms with Crippen LogP contribution in [0.25, 0.3) is 0 Å². The molecule has 4 rings (SSSR count). The first-order valence-corrected chi connectivity index (χ1v) is 6.96. The van der Waals surface area contributed by atoms with Crippen LogP contribution in [0, 0.1) is 17.8 Å². The quantitative estimate of drug-likeness (QED) is 0.738. The van der Waals surface area contributed by atoms with Crippen molar-refractivity contribution >= 4 is 0 Å². The molecule has 1 aromatic rings. The molecule has 2 bridgehead atoms. The largest absolute Gasteiger partial charge is 0.366 e. The second kappa shape index (κ2) is 4.22. The second-order valence-corrected chi connectivity index (χ2v) is 5.84. The molecule has 1 saturated carbocycles. The van der Waals surface area contributed by atoms with Crippen LogP contribution in [-0.2, 0) is 11.3 Å². The monoisotopic (exact) mass is 241 g/mol. The lowest BCUT2D eigenvalue weighted by Crippen LogP contribution is -2.49. The summed E-state index contributed by atoms with van der Waals surface area (Å²) in [5.41, 5.74) is 1.40. The summed E-state index contributed by atoms with van der Waals surface area (Å²) >= 11 is 0. The van der Waals surface area contributed by atoms with Gasteiger partial charge in [0.2, 0.25) is 0 Å². The van der Waals surface area contributed by atoms with Crippen molar-refractivity contribution in [1.29, 1.82) is 0 Å². The predicted molar refractivity (Wildman–Crippen MR) is 70.8 cm³/mol. The van der Waals surface area contributed by atoms with E-state index in [0.29, 0.717) is 6.04 Å². The molecule has 18 heavy (non-hydrogen) atoms. The summed E-state index contributed by atoms with van der Waals surface area (Å²) in [5.74, 6) is 2.28. The molecular formula is C16H19NO. The maximum absolute atomic E-state index is 5.81. The number of nitrogens with zero attached hydrogens (tertiary/aromatic N) is 1. The van der Waals surface area contributed by atoms with Gasteiger partial charge >= 0.3 is 0 Å². The number of ether oxygens (including phenoxy) is 1. The van der Waals surface area contributed by atoms with Crippen LogP contribution in [0.5, 0.6) is 0 Å². The van der Waals surface area contributed by atoms with Crippen LogP contribution in [0.4, 0.5) is 0 Å². The number of rotatable bonds is 2. The smallest absolute Gasteiger partial charge is 0.0995 e. The summed E-state index contributed by atoms with van der Waals surface area (Å²) in [6, 6.07) is 11.5. The zero-order chi connectivity index (χ0) is 11.9. The van der Waals surface area contributed by atoms with Crippen molar-refractivity contribution in [3.63, 3.8) is 0 Å². The summed E-state index contributed by atoms with van der Waals surface area (Å²) in [4.78, 5) is 2.54. The number of allylic oxidation sites excluding steroid dienone is 1.